The van der Waals surface area contributed by atoms with E-state index < -0.39 is 5.91 Å². The lowest BCUT2D eigenvalue weighted by Gasteiger charge is -2.08. The summed E-state index contributed by atoms with van der Waals surface area (Å²) < 4.78 is 1.91. The number of halogens is 1. The van der Waals surface area contributed by atoms with Gasteiger partial charge in [-0.1, -0.05) is 11.6 Å². The van der Waals surface area contributed by atoms with Gasteiger partial charge in [0.05, 0.1) is 29.2 Å². The molecule has 0 radical (unpaired) electrons. The number of benzene rings is 1. The third-order valence-electron chi connectivity index (χ3n) is 2.62. The summed E-state index contributed by atoms with van der Waals surface area (Å²) in [6.45, 7) is 0.607. The molecule has 1 aromatic carbocycles. The van der Waals surface area contributed by atoms with Gasteiger partial charge in [0.2, 0.25) is 5.91 Å². The molecular weight excluding hydrogens is 252 g/mol. The van der Waals surface area contributed by atoms with Crippen LogP contribution in [0.3, 0.4) is 0 Å². The van der Waals surface area contributed by atoms with Gasteiger partial charge in [-0.3, -0.25) is 4.79 Å². The van der Waals surface area contributed by atoms with Crippen molar-refractivity contribution in [1.29, 1.82) is 0 Å². The van der Waals surface area contributed by atoms with Gasteiger partial charge in [0.25, 0.3) is 0 Å². The van der Waals surface area contributed by atoms with Gasteiger partial charge in [-0.2, -0.15) is 0 Å². The summed E-state index contributed by atoms with van der Waals surface area (Å²) >= 11 is 5.87. The van der Waals surface area contributed by atoms with Crippen LogP contribution in [0.1, 0.15) is 16.1 Å². The van der Waals surface area contributed by atoms with Gasteiger partial charge in [-0.25, -0.2) is 4.98 Å². The van der Waals surface area contributed by atoms with Crippen molar-refractivity contribution in [3.8, 4) is 0 Å². The maximum Gasteiger partial charge on any atom is 0.250 e. The Kier molecular flexibility index (Phi) is 3.53. The molecule has 18 heavy (non-hydrogen) atoms. The first-order chi connectivity index (χ1) is 8.58. The Balaban J connectivity index is 2.13. The molecule has 94 valence electrons. The lowest BCUT2D eigenvalue weighted by molar-refractivity contribution is 0.100. The van der Waals surface area contributed by atoms with Crippen molar-refractivity contribution in [2.45, 2.75) is 6.54 Å². The number of primary amides is 1. The molecule has 1 heterocycles. The predicted molar refractivity (Wildman–Crippen MR) is 70.5 cm³/mol. The maximum atomic E-state index is 11.2. The molecule has 2 aromatic rings. The largest absolute Gasteiger partial charge is 0.379 e. The first kappa shape index (κ1) is 12.4. The zero-order valence-electron chi connectivity index (χ0n) is 9.85. The van der Waals surface area contributed by atoms with Gasteiger partial charge >= 0.3 is 0 Å². The molecule has 0 saturated heterocycles. The number of amides is 1. The van der Waals surface area contributed by atoms with E-state index in [0.29, 0.717) is 17.1 Å². The van der Waals surface area contributed by atoms with Crippen LogP contribution in [0.4, 0.5) is 5.69 Å². The Morgan fingerprint density at radius 1 is 1.56 bits per heavy atom. The molecule has 0 fully saturated rings. The molecule has 2 rings (SSSR count). The number of nitrogens with zero attached hydrogens (tertiary/aromatic N) is 2. The van der Waals surface area contributed by atoms with Crippen molar-refractivity contribution >= 4 is 23.2 Å². The standard InChI is InChI=1S/C12H13ClN4O/c1-17-7-15-5-9(17)6-16-8-2-3-11(13)10(4-8)12(14)18/h2-5,7,16H,6H2,1H3,(H2,14,18). The van der Waals surface area contributed by atoms with Crippen molar-refractivity contribution in [2.75, 3.05) is 5.32 Å². The average molecular weight is 265 g/mol. The summed E-state index contributed by atoms with van der Waals surface area (Å²) in [5.74, 6) is -0.538. The summed E-state index contributed by atoms with van der Waals surface area (Å²) in [6, 6.07) is 5.08. The Morgan fingerprint density at radius 2 is 2.33 bits per heavy atom. The second-order valence-corrected chi connectivity index (χ2v) is 4.32. The van der Waals surface area contributed by atoms with Gasteiger partial charge in [0.1, 0.15) is 0 Å². The normalized spacial score (nSPS) is 10.3. The number of aromatic nitrogens is 2. The first-order valence-electron chi connectivity index (χ1n) is 5.36. The van der Waals surface area contributed by atoms with E-state index in [9.17, 15) is 4.79 Å². The molecule has 0 aliphatic heterocycles. The highest BCUT2D eigenvalue weighted by atomic mass is 35.5. The van der Waals surface area contributed by atoms with E-state index in [1.165, 1.54) is 0 Å². The fraction of sp³-hybridized carbons (Fsp3) is 0.167. The second-order valence-electron chi connectivity index (χ2n) is 3.91. The fourth-order valence-electron chi connectivity index (χ4n) is 1.57. The molecule has 1 aromatic heterocycles. The maximum absolute atomic E-state index is 11.2. The number of hydrogen-bond donors (Lipinski definition) is 2. The van der Waals surface area contributed by atoms with Gasteiger partial charge in [-0.05, 0) is 18.2 Å². The van der Waals surface area contributed by atoms with Crippen molar-refractivity contribution < 1.29 is 4.79 Å². The molecule has 5 nitrogen and oxygen atoms in total. The fourth-order valence-corrected chi connectivity index (χ4v) is 1.78. The number of imidazole rings is 1. The molecule has 0 bridgehead atoms. The minimum atomic E-state index is -0.538. The van der Waals surface area contributed by atoms with Gasteiger partial charge in [0.15, 0.2) is 0 Å². The van der Waals surface area contributed by atoms with Gasteiger partial charge in [-0.15, -0.1) is 0 Å². The molecular formula is C12H13ClN4O. The summed E-state index contributed by atoms with van der Waals surface area (Å²) in [5.41, 5.74) is 7.36. The number of nitrogens with one attached hydrogen (secondary N) is 1. The number of aryl methyl sites for hydroxylation is 1. The van der Waals surface area contributed by atoms with Crippen LogP contribution in [-0.4, -0.2) is 15.5 Å². The summed E-state index contributed by atoms with van der Waals surface area (Å²) in [5, 5.41) is 3.54. The van der Waals surface area contributed by atoms with Crippen LogP contribution in [-0.2, 0) is 13.6 Å². The second kappa shape index (κ2) is 5.10. The van der Waals surface area contributed by atoms with Crippen LogP contribution in [0.25, 0.3) is 0 Å². The van der Waals surface area contributed by atoms with E-state index in [1.807, 2.05) is 11.6 Å². The molecule has 3 N–H and O–H groups in total. The Hall–Kier alpha value is -2.01. The van der Waals surface area contributed by atoms with E-state index >= 15 is 0 Å². The Bertz CT molecular complexity index is 579. The van der Waals surface area contributed by atoms with E-state index in [-0.39, 0.29) is 0 Å². The van der Waals surface area contributed by atoms with Crippen LogP contribution >= 0.6 is 11.6 Å². The molecule has 0 spiro atoms. The molecule has 0 unspecified atom stereocenters. The Morgan fingerprint density at radius 3 is 2.94 bits per heavy atom. The van der Waals surface area contributed by atoms with Crippen molar-refractivity contribution in [3.63, 3.8) is 0 Å². The van der Waals surface area contributed by atoms with Crippen LogP contribution in [0, 0.1) is 0 Å². The summed E-state index contributed by atoms with van der Waals surface area (Å²) in [6.07, 6.45) is 3.51. The zero-order chi connectivity index (χ0) is 13.1. The molecule has 0 atom stereocenters. The van der Waals surface area contributed by atoms with Gasteiger partial charge in [0, 0.05) is 18.9 Å². The van der Waals surface area contributed by atoms with Crippen LogP contribution < -0.4 is 11.1 Å². The molecule has 0 aliphatic rings. The lowest BCUT2D eigenvalue weighted by Crippen LogP contribution is -2.12. The third kappa shape index (κ3) is 2.62. The van der Waals surface area contributed by atoms with Crippen molar-refractivity contribution in [3.05, 3.63) is 47.0 Å². The van der Waals surface area contributed by atoms with Crippen molar-refractivity contribution in [1.82, 2.24) is 9.55 Å². The summed E-state index contributed by atoms with van der Waals surface area (Å²) in [4.78, 5) is 15.2. The number of anilines is 1. The zero-order valence-corrected chi connectivity index (χ0v) is 10.6. The summed E-state index contributed by atoms with van der Waals surface area (Å²) in [7, 11) is 1.92. The molecule has 0 aliphatic carbocycles. The number of nitrogens with two attached hydrogens (primary N) is 1. The highest BCUT2D eigenvalue weighted by Crippen LogP contribution is 2.20. The monoisotopic (exact) mass is 264 g/mol. The molecule has 6 heteroatoms. The van der Waals surface area contributed by atoms with Crippen LogP contribution in [0.15, 0.2) is 30.7 Å². The highest BCUT2D eigenvalue weighted by Gasteiger charge is 2.07. The molecule has 1 amide bonds. The quantitative estimate of drug-likeness (QED) is 0.884. The van der Waals surface area contributed by atoms with E-state index in [0.717, 1.165) is 11.4 Å². The number of carbonyl (C=O) groups is 1. The predicted octanol–water partition coefficient (Wildman–Crippen LogP) is 1.78. The average Bonchev–Trinajstić information content (AvgIpc) is 2.73. The number of rotatable bonds is 4. The topological polar surface area (TPSA) is 72.9 Å². The van der Waals surface area contributed by atoms with Crippen molar-refractivity contribution in [2.24, 2.45) is 12.8 Å². The van der Waals surface area contributed by atoms with E-state index in [4.69, 9.17) is 17.3 Å². The number of hydrogen-bond acceptors (Lipinski definition) is 3. The van der Waals surface area contributed by atoms with E-state index in [2.05, 4.69) is 10.3 Å². The van der Waals surface area contributed by atoms with E-state index in [1.54, 1.807) is 30.7 Å². The first-order valence-corrected chi connectivity index (χ1v) is 5.74. The van der Waals surface area contributed by atoms with Crippen LogP contribution in [0.5, 0.6) is 0 Å². The smallest absolute Gasteiger partial charge is 0.250 e. The number of carbonyl (C=O) groups excluding carboxylic acids is 1. The Labute approximate surface area is 110 Å². The SMILES string of the molecule is Cn1cncc1CNc1ccc(Cl)c(C(N)=O)c1. The molecule has 0 saturated carbocycles. The third-order valence-corrected chi connectivity index (χ3v) is 2.95. The highest BCUT2D eigenvalue weighted by molar-refractivity contribution is 6.33. The minimum Gasteiger partial charge on any atom is -0.379 e. The van der Waals surface area contributed by atoms with Crippen LogP contribution in [0.2, 0.25) is 5.02 Å². The minimum absolute atomic E-state index is 0.312. The van der Waals surface area contributed by atoms with Gasteiger partial charge < -0.3 is 15.6 Å². The lowest BCUT2D eigenvalue weighted by atomic mass is 10.2.